The van der Waals surface area contributed by atoms with Gasteiger partial charge in [0, 0.05) is 28.7 Å². The minimum absolute atomic E-state index is 0.152. The van der Waals surface area contributed by atoms with Crippen LogP contribution in [0.25, 0.3) is 0 Å². The van der Waals surface area contributed by atoms with Crippen LogP contribution in [0, 0.1) is 0 Å². The van der Waals surface area contributed by atoms with Gasteiger partial charge in [-0.2, -0.15) is 0 Å². The zero-order valence-electron chi connectivity index (χ0n) is 16.3. The summed E-state index contributed by atoms with van der Waals surface area (Å²) < 4.78 is 0. The molecule has 4 nitrogen and oxygen atoms in total. The van der Waals surface area contributed by atoms with Crippen molar-refractivity contribution in [2.24, 2.45) is 0 Å². The highest BCUT2D eigenvalue weighted by molar-refractivity contribution is 6.36. The molecule has 0 spiro atoms. The summed E-state index contributed by atoms with van der Waals surface area (Å²) in [7, 11) is 0. The van der Waals surface area contributed by atoms with Crippen molar-refractivity contribution in [3.63, 3.8) is 0 Å². The number of nitrogens with one attached hydrogen (secondary N) is 1. The second-order valence-electron chi connectivity index (χ2n) is 6.70. The van der Waals surface area contributed by atoms with Gasteiger partial charge in [-0.3, -0.25) is 9.59 Å². The van der Waals surface area contributed by atoms with Crippen LogP contribution in [-0.2, 0) is 22.6 Å². The predicted octanol–water partition coefficient (Wildman–Crippen LogP) is 4.87. The molecule has 0 radical (unpaired) electrons. The average Bonchev–Trinajstić information content (AvgIpc) is 2.68. The van der Waals surface area contributed by atoms with Crippen molar-refractivity contribution >= 4 is 35.0 Å². The molecule has 2 aromatic carbocycles. The summed E-state index contributed by atoms with van der Waals surface area (Å²) in [5, 5.41) is 3.85. The molecule has 2 aromatic rings. The van der Waals surface area contributed by atoms with Crippen LogP contribution in [0.1, 0.15) is 37.8 Å². The lowest BCUT2D eigenvalue weighted by molar-refractivity contribution is -0.140. The Bertz CT molecular complexity index is 776. The van der Waals surface area contributed by atoms with E-state index < -0.39 is 6.04 Å². The van der Waals surface area contributed by atoms with E-state index in [1.165, 1.54) is 0 Å². The lowest BCUT2D eigenvalue weighted by atomic mass is 10.1. The van der Waals surface area contributed by atoms with Crippen LogP contribution >= 0.6 is 23.2 Å². The summed E-state index contributed by atoms with van der Waals surface area (Å²) in [6.07, 6.45) is 2.09. The zero-order chi connectivity index (χ0) is 20.5. The molecule has 0 aromatic heterocycles. The van der Waals surface area contributed by atoms with Crippen LogP contribution < -0.4 is 5.32 Å². The van der Waals surface area contributed by atoms with Crippen molar-refractivity contribution in [2.75, 3.05) is 6.54 Å². The first-order chi connectivity index (χ1) is 13.4. The molecule has 28 heavy (non-hydrogen) atoms. The van der Waals surface area contributed by atoms with Gasteiger partial charge in [0.15, 0.2) is 0 Å². The van der Waals surface area contributed by atoms with Crippen molar-refractivity contribution in [3.8, 4) is 0 Å². The molecule has 0 bridgehead atoms. The Morgan fingerprint density at radius 1 is 1.04 bits per heavy atom. The van der Waals surface area contributed by atoms with E-state index in [4.69, 9.17) is 23.2 Å². The smallest absolute Gasteiger partial charge is 0.242 e. The number of halogens is 2. The van der Waals surface area contributed by atoms with Crippen LogP contribution in [-0.4, -0.2) is 29.3 Å². The second kappa shape index (κ2) is 11.1. The summed E-state index contributed by atoms with van der Waals surface area (Å²) in [6, 6.07) is 14.0. The molecule has 2 rings (SSSR count). The molecule has 0 aliphatic heterocycles. The molecule has 0 fully saturated rings. The molecule has 6 heteroatoms. The van der Waals surface area contributed by atoms with Gasteiger partial charge in [0.2, 0.25) is 11.8 Å². The number of carbonyl (C=O) groups is 2. The lowest BCUT2D eigenvalue weighted by Crippen LogP contribution is -2.48. The maximum absolute atomic E-state index is 13.1. The quantitative estimate of drug-likeness (QED) is 0.588. The normalized spacial score (nSPS) is 11.7. The van der Waals surface area contributed by atoms with Gasteiger partial charge in [0.1, 0.15) is 6.04 Å². The summed E-state index contributed by atoms with van der Waals surface area (Å²) in [6.45, 7) is 4.55. The number of benzene rings is 2. The third kappa shape index (κ3) is 6.25. The van der Waals surface area contributed by atoms with Gasteiger partial charge in [-0.05, 0) is 31.0 Å². The lowest BCUT2D eigenvalue weighted by Gasteiger charge is -2.29. The highest BCUT2D eigenvalue weighted by Crippen LogP contribution is 2.26. The number of nitrogens with zero attached hydrogens (tertiary/aromatic N) is 1. The number of amides is 2. The monoisotopic (exact) mass is 420 g/mol. The first-order valence-electron chi connectivity index (χ1n) is 9.48. The van der Waals surface area contributed by atoms with Crippen LogP contribution in [0.5, 0.6) is 0 Å². The van der Waals surface area contributed by atoms with Gasteiger partial charge >= 0.3 is 0 Å². The van der Waals surface area contributed by atoms with E-state index in [1.54, 1.807) is 30.0 Å². The van der Waals surface area contributed by atoms with Crippen molar-refractivity contribution in [1.29, 1.82) is 0 Å². The molecule has 2 amide bonds. The molecule has 0 heterocycles. The van der Waals surface area contributed by atoms with E-state index in [0.717, 1.165) is 18.4 Å². The minimum Gasteiger partial charge on any atom is -0.354 e. The Morgan fingerprint density at radius 3 is 2.29 bits per heavy atom. The Hall–Kier alpha value is -2.04. The Labute approximate surface area is 176 Å². The van der Waals surface area contributed by atoms with Crippen LogP contribution in [0.4, 0.5) is 0 Å². The van der Waals surface area contributed by atoms with Gasteiger partial charge in [-0.1, -0.05) is 72.9 Å². The highest BCUT2D eigenvalue weighted by atomic mass is 35.5. The summed E-state index contributed by atoms with van der Waals surface area (Å²) in [4.78, 5) is 27.2. The molecule has 0 unspecified atom stereocenters. The fourth-order valence-corrected chi connectivity index (χ4v) is 3.36. The maximum atomic E-state index is 13.1. The van der Waals surface area contributed by atoms with E-state index in [0.29, 0.717) is 22.2 Å². The van der Waals surface area contributed by atoms with E-state index >= 15 is 0 Å². The molecule has 1 atom stereocenters. The minimum atomic E-state index is -0.639. The Balaban J connectivity index is 2.23. The fraction of sp³-hybridized carbons (Fsp3) is 0.364. The molecule has 0 saturated heterocycles. The van der Waals surface area contributed by atoms with Crippen LogP contribution in [0.2, 0.25) is 10.0 Å². The van der Waals surface area contributed by atoms with Crippen LogP contribution in [0.3, 0.4) is 0 Å². The van der Waals surface area contributed by atoms with E-state index in [1.807, 2.05) is 30.3 Å². The van der Waals surface area contributed by atoms with Gasteiger partial charge in [0.25, 0.3) is 0 Å². The standard InChI is InChI=1S/C22H26Cl2N2O2/c1-3-4-13-25-22(28)16(2)26(15-18-19(23)11-8-12-20(18)24)21(27)14-17-9-6-5-7-10-17/h5-12,16H,3-4,13-15H2,1-2H3,(H,25,28)/t16-/m0/s1. The molecular formula is C22H26Cl2N2O2. The molecular weight excluding hydrogens is 395 g/mol. The third-order valence-corrected chi connectivity index (χ3v) is 5.29. The second-order valence-corrected chi connectivity index (χ2v) is 7.52. The van der Waals surface area contributed by atoms with E-state index in [-0.39, 0.29) is 24.8 Å². The average molecular weight is 421 g/mol. The number of rotatable bonds is 9. The number of carbonyl (C=O) groups excluding carboxylic acids is 2. The summed E-state index contributed by atoms with van der Waals surface area (Å²) >= 11 is 12.6. The Kier molecular flexibility index (Phi) is 8.81. The van der Waals surface area contributed by atoms with Gasteiger partial charge in [0.05, 0.1) is 6.42 Å². The molecule has 150 valence electrons. The SMILES string of the molecule is CCCCNC(=O)[C@H](C)N(Cc1c(Cl)cccc1Cl)C(=O)Cc1ccccc1. The highest BCUT2D eigenvalue weighted by Gasteiger charge is 2.27. The molecule has 0 aliphatic carbocycles. The van der Waals surface area contributed by atoms with Gasteiger partial charge in [-0.25, -0.2) is 0 Å². The van der Waals surface area contributed by atoms with Gasteiger partial charge in [-0.15, -0.1) is 0 Å². The Morgan fingerprint density at radius 2 is 1.68 bits per heavy atom. The molecule has 0 aliphatic rings. The van der Waals surface area contributed by atoms with E-state index in [9.17, 15) is 9.59 Å². The first-order valence-corrected chi connectivity index (χ1v) is 10.2. The van der Waals surface area contributed by atoms with Gasteiger partial charge < -0.3 is 10.2 Å². The third-order valence-electron chi connectivity index (χ3n) is 4.59. The summed E-state index contributed by atoms with van der Waals surface area (Å²) in [5.74, 6) is -0.335. The zero-order valence-corrected chi connectivity index (χ0v) is 17.8. The topological polar surface area (TPSA) is 49.4 Å². The molecule has 0 saturated carbocycles. The molecule has 1 N–H and O–H groups in total. The largest absolute Gasteiger partial charge is 0.354 e. The number of hydrogen-bond donors (Lipinski definition) is 1. The number of unbranched alkanes of at least 4 members (excludes halogenated alkanes) is 1. The number of hydrogen-bond acceptors (Lipinski definition) is 2. The fourth-order valence-electron chi connectivity index (χ4n) is 2.84. The maximum Gasteiger partial charge on any atom is 0.242 e. The van der Waals surface area contributed by atoms with E-state index in [2.05, 4.69) is 12.2 Å². The first kappa shape index (κ1) is 22.3. The van der Waals surface area contributed by atoms with Crippen molar-refractivity contribution in [1.82, 2.24) is 10.2 Å². The van der Waals surface area contributed by atoms with Crippen LogP contribution in [0.15, 0.2) is 48.5 Å². The van der Waals surface area contributed by atoms with Crippen molar-refractivity contribution < 1.29 is 9.59 Å². The van der Waals surface area contributed by atoms with Crippen molar-refractivity contribution in [2.45, 2.75) is 45.7 Å². The van der Waals surface area contributed by atoms with Crippen molar-refractivity contribution in [3.05, 3.63) is 69.7 Å². The summed E-state index contributed by atoms with van der Waals surface area (Å²) in [5.41, 5.74) is 1.53. The predicted molar refractivity (Wildman–Crippen MR) is 115 cm³/mol.